The molecule has 4 rings (SSSR count). The van der Waals surface area contributed by atoms with Gasteiger partial charge >= 0.3 is 6.09 Å². The molecule has 1 N–H and O–H groups in total. The van der Waals surface area contributed by atoms with Gasteiger partial charge in [-0.25, -0.2) is 9.18 Å². The van der Waals surface area contributed by atoms with E-state index in [1.54, 1.807) is 12.1 Å². The zero-order chi connectivity index (χ0) is 21.4. The van der Waals surface area contributed by atoms with Crippen LogP contribution in [0.2, 0.25) is 5.02 Å². The Balaban J connectivity index is 1.73. The zero-order valence-corrected chi connectivity index (χ0v) is 16.6. The van der Waals surface area contributed by atoms with E-state index < -0.39 is 17.8 Å². The van der Waals surface area contributed by atoms with Gasteiger partial charge in [0.2, 0.25) is 5.88 Å². The quantitative estimate of drug-likeness (QED) is 0.673. The molecule has 2 aromatic heterocycles. The third-order valence-corrected chi connectivity index (χ3v) is 5.14. The molecule has 0 aliphatic carbocycles. The molecule has 0 saturated carbocycles. The largest absolute Gasteiger partial charge is 0.465 e. The topological polar surface area (TPSA) is 96.1 Å². The van der Waals surface area contributed by atoms with Crippen LogP contribution in [0.5, 0.6) is 0 Å². The number of rotatable bonds is 3. The van der Waals surface area contributed by atoms with Crippen LogP contribution in [0.1, 0.15) is 10.4 Å². The molecule has 10 heteroatoms. The first-order valence-electron chi connectivity index (χ1n) is 9.08. The molecule has 1 aliphatic heterocycles. The summed E-state index contributed by atoms with van der Waals surface area (Å²) in [5.74, 6) is -1.04. The molecule has 0 atom stereocenters. The van der Waals surface area contributed by atoms with Crippen LogP contribution in [0.4, 0.5) is 15.1 Å². The van der Waals surface area contributed by atoms with E-state index in [9.17, 15) is 14.0 Å². The first kappa shape index (κ1) is 20.1. The molecule has 30 heavy (non-hydrogen) atoms. The van der Waals surface area contributed by atoms with Crippen molar-refractivity contribution in [2.75, 3.05) is 38.3 Å². The van der Waals surface area contributed by atoms with Gasteiger partial charge in [0.1, 0.15) is 0 Å². The van der Waals surface area contributed by atoms with Crippen LogP contribution in [0.3, 0.4) is 0 Å². The van der Waals surface area contributed by atoms with Crippen molar-refractivity contribution in [1.29, 1.82) is 0 Å². The maximum Gasteiger partial charge on any atom is 0.413 e. The number of carbonyl (C=O) groups is 2. The molecule has 1 fully saturated rings. The number of carboxylic acid groups (broad SMARTS) is 1. The summed E-state index contributed by atoms with van der Waals surface area (Å²) in [5, 5.41) is 9.91. The van der Waals surface area contributed by atoms with E-state index in [0.717, 1.165) is 11.1 Å². The lowest BCUT2D eigenvalue weighted by Crippen LogP contribution is -2.41. The van der Waals surface area contributed by atoms with Crippen LogP contribution < -0.4 is 4.90 Å². The summed E-state index contributed by atoms with van der Waals surface area (Å²) in [6, 6.07) is 6.17. The first-order chi connectivity index (χ1) is 14.3. The minimum Gasteiger partial charge on any atom is -0.465 e. The van der Waals surface area contributed by atoms with Crippen LogP contribution in [0.25, 0.3) is 22.2 Å². The summed E-state index contributed by atoms with van der Waals surface area (Å²) >= 11 is 6.31. The third kappa shape index (κ3) is 3.69. The Labute approximate surface area is 175 Å². The molecule has 2 amide bonds. The lowest BCUT2D eigenvalue weighted by Gasteiger charge is -2.27. The molecule has 0 unspecified atom stereocenters. The van der Waals surface area contributed by atoms with Gasteiger partial charge in [-0.3, -0.25) is 14.7 Å². The van der Waals surface area contributed by atoms with E-state index in [0.29, 0.717) is 48.5 Å². The van der Waals surface area contributed by atoms with Crippen molar-refractivity contribution in [2.45, 2.75) is 0 Å². The van der Waals surface area contributed by atoms with Crippen molar-refractivity contribution in [1.82, 2.24) is 9.88 Å². The number of amides is 2. The van der Waals surface area contributed by atoms with E-state index in [-0.39, 0.29) is 16.5 Å². The molecule has 8 nitrogen and oxygen atoms in total. The van der Waals surface area contributed by atoms with Crippen LogP contribution in [0, 0.1) is 5.82 Å². The van der Waals surface area contributed by atoms with Crippen LogP contribution >= 0.6 is 11.6 Å². The average molecular weight is 434 g/mol. The fourth-order valence-electron chi connectivity index (χ4n) is 3.20. The lowest BCUT2D eigenvalue weighted by atomic mass is 10.1. The monoisotopic (exact) mass is 433 g/mol. The predicted molar refractivity (Wildman–Crippen MR) is 108 cm³/mol. The van der Waals surface area contributed by atoms with Crippen molar-refractivity contribution >= 4 is 40.5 Å². The number of hydrogen-bond acceptors (Lipinski definition) is 5. The molecule has 1 aromatic carbocycles. The Hall–Kier alpha value is -3.17. The Kier molecular flexibility index (Phi) is 5.31. The van der Waals surface area contributed by atoms with Gasteiger partial charge in [-0.05, 0) is 18.2 Å². The smallest absolute Gasteiger partial charge is 0.413 e. The highest BCUT2D eigenvalue weighted by atomic mass is 35.5. The summed E-state index contributed by atoms with van der Waals surface area (Å²) in [6.07, 6.45) is -0.183. The number of aromatic nitrogens is 1. The van der Waals surface area contributed by atoms with Gasteiger partial charge in [-0.15, -0.1) is 0 Å². The molecule has 3 heterocycles. The van der Waals surface area contributed by atoms with Gasteiger partial charge in [0, 0.05) is 37.2 Å². The van der Waals surface area contributed by atoms with Crippen LogP contribution in [0.15, 0.2) is 34.9 Å². The number of anilines is 1. The number of hydrogen-bond donors (Lipinski definition) is 1. The van der Waals surface area contributed by atoms with Crippen molar-refractivity contribution in [3.05, 3.63) is 46.9 Å². The second-order valence-corrected chi connectivity index (χ2v) is 7.16. The molecule has 1 aliphatic rings. The van der Waals surface area contributed by atoms with Gasteiger partial charge in [0.15, 0.2) is 11.4 Å². The van der Waals surface area contributed by atoms with Crippen LogP contribution in [-0.2, 0) is 4.74 Å². The van der Waals surface area contributed by atoms with Gasteiger partial charge in [0.05, 0.1) is 35.7 Å². The molecule has 1 saturated heterocycles. The number of halogens is 2. The number of benzene rings is 1. The van der Waals surface area contributed by atoms with Crippen molar-refractivity contribution < 1.29 is 28.2 Å². The Morgan fingerprint density at radius 3 is 2.67 bits per heavy atom. The van der Waals surface area contributed by atoms with Crippen molar-refractivity contribution in [3.8, 4) is 11.3 Å². The minimum atomic E-state index is -1.18. The van der Waals surface area contributed by atoms with Crippen molar-refractivity contribution in [3.63, 3.8) is 0 Å². The molecule has 0 radical (unpaired) electrons. The summed E-state index contributed by atoms with van der Waals surface area (Å²) in [7, 11) is 1.35. The first-order valence-corrected chi connectivity index (χ1v) is 9.45. The summed E-state index contributed by atoms with van der Waals surface area (Å²) in [4.78, 5) is 30.4. The number of furan rings is 1. The van der Waals surface area contributed by atoms with Gasteiger partial charge in [-0.1, -0.05) is 11.6 Å². The highest BCUT2D eigenvalue weighted by molar-refractivity contribution is 6.35. The number of pyridine rings is 1. The number of fused-ring (bicyclic) bond motifs is 1. The van der Waals surface area contributed by atoms with Gasteiger partial charge in [-0.2, -0.15) is 0 Å². The molecule has 0 bridgehead atoms. The minimum absolute atomic E-state index is 0.0865. The van der Waals surface area contributed by atoms with E-state index in [1.165, 1.54) is 24.1 Å². The summed E-state index contributed by atoms with van der Waals surface area (Å²) in [5.41, 5.74) is 1.12. The van der Waals surface area contributed by atoms with E-state index in [4.69, 9.17) is 25.9 Å². The summed E-state index contributed by atoms with van der Waals surface area (Å²) < 4.78 is 25.1. The highest BCUT2D eigenvalue weighted by Crippen LogP contribution is 2.35. The molecular formula is C20H17ClFN3O5. The Morgan fingerprint density at radius 2 is 1.97 bits per heavy atom. The second-order valence-electron chi connectivity index (χ2n) is 6.76. The molecular weight excluding hydrogens is 417 g/mol. The van der Waals surface area contributed by atoms with E-state index >= 15 is 0 Å². The third-order valence-electron chi connectivity index (χ3n) is 4.86. The Bertz CT molecular complexity index is 1140. The maximum absolute atomic E-state index is 14.3. The standard InChI is InChI=1S/C20H17ClFN3O5/c1-24(20(27)28)17-8-12-6-11(7-14(21)18(12)30-17)16-9-13(15(22)10-23-16)19(26)25-2-4-29-5-3-25/h6-10H,2-5H2,1H3,(H,27,28). The van der Waals surface area contributed by atoms with Gasteiger partial charge < -0.3 is 19.2 Å². The van der Waals surface area contributed by atoms with Crippen molar-refractivity contribution in [2.24, 2.45) is 0 Å². The number of nitrogens with zero attached hydrogens (tertiary/aromatic N) is 3. The summed E-state index contributed by atoms with van der Waals surface area (Å²) in [6.45, 7) is 1.60. The lowest BCUT2D eigenvalue weighted by molar-refractivity contribution is 0.0300. The molecule has 3 aromatic rings. The van der Waals surface area contributed by atoms with E-state index in [2.05, 4.69) is 4.98 Å². The SMILES string of the molecule is CN(C(=O)O)c1cc2cc(-c3cc(C(=O)N4CCOCC4)c(F)cn3)cc(Cl)c2o1. The normalized spacial score (nSPS) is 14.2. The predicted octanol–water partition coefficient (Wildman–Crippen LogP) is 3.87. The average Bonchev–Trinajstić information content (AvgIpc) is 3.18. The second kappa shape index (κ2) is 7.92. The maximum atomic E-state index is 14.3. The highest BCUT2D eigenvalue weighted by Gasteiger charge is 2.23. The van der Waals surface area contributed by atoms with Gasteiger partial charge in [0.25, 0.3) is 5.91 Å². The number of ether oxygens (including phenoxy) is 1. The number of carbonyl (C=O) groups excluding carboxylic acids is 1. The molecule has 156 valence electrons. The Morgan fingerprint density at radius 1 is 1.23 bits per heavy atom. The zero-order valence-electron chi connectivity index (χ0n) is 15.9. The number of morpholine rings is 1. The fourth-order valence-corrected chi connectivity index (χ4v) is 3.47. The molecule has 0 spiro atoms. The van der Waals surface area contributed by atoms with E-state index in [1.807, 2.05) is 0 Å². The fraction of sp³-hybridized carbons (Fsp3) is 0.250. The van der Waals surface area contributed by atoms with Crippen LogP contribution in [-0.4, -0.2) is 60.3 Å².